The quantitative estimate of drug-likeness (QED) is 0.350. The number of amidine groups is 1. The van der Waals surface area contributed by atoms with Crippen molar-refractivity contribution in [2.24, 2.45) is 5.73 Å². The number of hydrogen-bond acceptors (Lipinski definition) is 2. The Kier molecular flexibility index (Phi) is 3.62. The second kappa shape index (κ2) is 3.99. The van der Waals surface area contributed by atoms with Crippen LogP contribution in [0.15, 0.2) is 24.3 Å². The molecule has 0 saturated carbocycles. The summed E-state index contributed by atoms with van der Waals surface area (Å²) in [4.78, 5) is 0. The Hall–Kier alpha value is -1.02. The summed E-state index contributed by atoms with van der Waals surface area (Å²) in [6.45, 7) is 0. The molecule has 0 heterocycles. The van der Waals surface area contributed by atoms with Crippen LogP contribution in [-0.4, -0.2) is 10.9 Å². The Labute approximate surface area is 74.7 Å². The standard InChI is InChI=1S/C7H8N2O.Ni/c8-7(9)5-3-1-2-4-6(5)10;/h1-4,10H,(H3,8,9);. The van der Waals surface area contributed by atoms with Crippen LogP contribution in [0, 0.1) is 5.41 Å². The van der Waals surface area contributed by atoms with Gasteiger partial charge in [0.15, 0.2) is 0 Å². The Morgan fingerprint density at radius 1 is 1.36 bits per heavy atom. The van der Waals surface area contributed by atoms with Gasteiger partial charge in [-0.1, -0.05) is 12.1 Å². The molecule has 0 radical (unpaired) electrons. The van der Waals surface area contributed by atoms with Crippen LogP contribution in [0.3, 0.4) is 0 Å². The summed E-state index contributed by atoms with van der Waals surface area (Å²) in [5.41, 5.74) is 5.52. The number of nitrogens with two attached hydrogens (primary N) is 1. The normalized spacial score (nSPS) is 8.36. The van der Waals surface area contributed by atoms with Crippen molar-refractivity contribution in [3.63, 3.8) is 0 Å². The Balaban J connectivity index is 0.000001000. The fourth-order valence-electron chi connectivity index (χ4n) is 0.701. The first-order valence-corrected chi connectivity index (χ1v) is 2.84. The maximum Gasteiger partial charge on any atom is 0.126 e. The first kappa shape index (κ1) is 9.98. The van der Waals surface area contributed by atoms with E-state index in [0.29, 0.717) is 5.56 Å². The minimum Gasteiger partial charge on any atom is -0.507 e. The number of hydrogen-bond donors (Lipinski definition) is 3. The number of nitrogen functional groups attached to an aromatic ring is 1. The third kappa shape index (κ3) is 2.24. The molecule has 0 amide bonds. The van der Waals surface area contributed by atoms with E-state index in [1.807, 2.05) is 0 Å². The molecule has 0 aliphatic carbocycles. The minimum atomic E-state index is -0.113. The SMILES string of the molecule is N=C(N)c1ccccc1O.[Ni]. The average molecular weight is 195 g/mol. The number of phenols is 1. The van der Waals surface area contributed by atoms with Gasteiger partial charge in [-0.3, -0.25) is 5.41 Å². The fourth-order valence-corrected chi connectivity index (χ4v) is 0.701. The van der Waals surface area contributed by atoms with E-state index in [2.05, 4.69) is 0 Å². The van der Waals surface area contributed by atoms with Crippen molar-refractivity contribution in [1.82, 2.24) is 0 Å². The summed E-state index contributed by atoms with van der Waals surface area (Å²) in [5.74, 6) is -0.0619. The smallest absolute Gasteiger partial charge is 0.126 e. The van der Waals surface area contributed by atoms with Crippen LogP contribution >= 0.6 is 0 Å². The Morgan fingerprint density at radius 3 is 2.27 bits per heavy atom. The van der Waals surface area contributed by atoms with Crippen LogP contribution in [-0.2, 0) is 16.5 Å². The maximum absolute atomic E-state index is 9.06. The third-order valence-corrected chi connectivity index (χ3v) is 1.19. The Morgan fingerprint density at radius 2 is 1.91 bits per heavy atom. The number of para-hydroxylation sites is 1. The molecule has 1 aromatic carbocycles. The zero-order valence-corrected chi connectivity index (χ0v) is 6.64. The Bertz CT molecular complexity index is 262. The molecule has 0 fully saturated rings. The van der Waals surface area contributed by atoms with Crippen LogP contribution in [0.25, 0.3) is 0 Å². The van der Waals surface area contributed by atoms with Gasteiger partial charge in [0.05, 0.1) is 5.56 Å². The van der Waals surface area contributed by atoms with Gasteiger partial charge in [0, 0.05) is 16.5 Å². The second-order valence-corrected chi connectivity index (χ2v) is 1.93. The van der Waals surface area contributed by atoms with Crippen molar-refractivity contribution in [2.75, 3.05) is 0 Å². The van der Waals surface area contributed by atoms with E-state index in [4.69, 9.17) is 16.2 Å². The van der Waals surface area contributed by atoms with Crippen molar-refractivity contribution in [3.8, 4) is 5.75 Å². The predicted molar refractivity (Wildman–Crippen MR) is 39.1 cm³/mol. The zero-order valence-electron chi connectivity index (χ0n) is 5.65. The van der Waals surface area contributed by atoms with Crippen molar-refractivity contribution in [2.45, 2.75) is 0 Å². The molecule has 11 heavy (non-hydrogen) atoms. The summed E-state index contributed by atoms with van der Waals surface area (Å²) in [6, 6.07) is 6.49. The van der Waals surface area contributed by atoms with Crippen molar-refractivity contribution < 1.29 is 21.6 Å². The van der Waals surface area contributed by atoms with E-state index in [-0.39, 0.29) is 28.1 Å². The molecule has 62 valence electrons. The predicted octanol–water partition coefficient (Wildman–Crippen LogP) is 0.674. The van der Waals surface area contributed by atoms with E-state index in [1.54, 1.807) is 18.2 Å². The summed E-state index contributed by atoms with van der Waals surface area (Å²) in [5, 5.41) is 16.1. The van der Waals surface area contributed by atoms with Crippen molar-refractivity contribution >= 4 is 5.84 Å². The summed E-state index contributed by atoms with van der Waals surface area (Å²) >= 11 is 0. The fraction of sp³-hybridized carbons (Fsp3) is 0. The molecule has 0 atom stereocenters. The molecule has 0 aliphatic heterocycles. The molecule has 0 spiro atoms. The summed E-state index contributed by atoms with van der Waals surface area (Å²) in [6.07, 6.45) is 0. The van der Waals surface area contributed by atoms with Gasteiger partial charge in [0.2, 0.25) is 0 Å². The van der Waals surface area contributed by atoms with Gasteiger partial charge in [0.25, 0.3) is 0 Å². The van der Waals surface area contributed by atoms with Crippen LogP contribution in [0.4, 0.5) is 0 Å². The topological polar surface area (TPSA) is 70.1 Å². The van der Waals surface area contributed by atoms with Gasteiger partial charge in [-0.15, -0.1) is 0 Å². The van der Waals surface area contributed by atoms with Gasteiger partial charge >= 0.3 is 0 Å². The van der Waals surface area contributed by atoms with Gasteiger partial charge in [0.1, 0.15) is 11.6 Å². The third-order valence-electron chi connectivity index (χ3n) is 1.19. The van der Waals surface area contributed by atoms with Crippen LogP contribution in [0.5, 0.6) is 5.75 Å². The number of nitrogens with one attached hydrogen (secondary N) is 1. The first-order valence-electron chi connectivity index (χ1n) is 2.84. The first-order chi connectivity index (χ1) is 4.72. The summed E-state index contributed by atoms with van der Waals surface area (Å²) < 4.78 is 0. The maximum atomic E-state index is 9.06. The molecule has 0 aliphatic rings. The molecule has 4 heteroatoms. The summed E-state index contributed by atoms with van der Waals surface area (Å²) in [7, 11) is 0. The second-order valence-electron chi connectivity index (χ2n) is 1.93. The molecule has 0 aromatic heterocycles. The molecular formula is C7H8N2NiO. The monoisotopic (exact) mass is 194 g/mol. The largest absolute Gasteiger partial charge is 0.507 e. The molecule has 1 rings (SSSR count). The molecule has 3 nitrogen and oxygen atoms in total. The van der Waals surface area contributed by atoms with Crippen molar-refractivity contribution in [1.29, 1.82) is 5.41 Å². The van der Waals surface area contributed by atoms with Gasteiger partial charge in [-0.05, 0) is 12.1 Å². The number of phenolic OH excluding ortho intramolecular Hbond substituents is 1. The van der Waals surface area contributed by atoms with E-state index >= 15 is 0 Å². The molecule has 1 aromatic rings. The number of benzene rings is 1. The van der Waals surface area contributed by atoms with Gasteiger partial charge in [-0.25, -0.2) is 0 Å². The van der Waals surface area contributed by atoms with Crippen LogP contribution < -0.4 is 5.73 Å². The van der Waals surface area contributed by atoms with E-state index < -0.39 is 0 Å². The molecule has 4 N–H and O–H groups in total. The molecular weight excluding hydrogens is 187 g/mol. The average Bonchev–Trinajstić information content (AvgIpc) is 1.88. The van der Waals surface area contributed by atoms with Gasteiger partial charge in [-0.2, -0.15) is 0 Å². The van der Waals surface area contributed by atoms with Crippen LogP contribution in [0.2, 0.25) is 0 Å². The van der Waals surface area contributed by atoms with Crippen LogP contribution in [0.1, 0.15) is 5.56 Å². The number of aromatic hydroxyl groups is 1. The minimum absolute atomic E-state index is 0. The van der Waals surface area contributed by atoms with E-state index in [9.17, 15) is 0 Å². The zero-order chi connectivity index (χ0) is 7.56. The van der Waals surface area contributed by atoms with E-state index in [0.717, 1.165) is 0 Å². The molecule has 0 unspecified atom stereocenters. The molecule has 0 bridgehead atoms. The van der Waals surface area contributed by atoms with Gasteiger partial charge < -0.3 is 10.8 Å². The van der Waals surface area contributed by atoms with E-state index in [1.165, 1.54) is 6.07 Å². The van der Waals surface area contributed by atoms with Crippen molar-refractivity contribution in [3.05, 3.63) is 29.8 Å². The molecule has 0 saturated heterocycles. The number of rotatable bonds is 1.